The van der Waals surface area contributed by atoms with Crippen molar-refractivity contribution in [1.29, 1.82) is 0 Å². The number of rotatable bonds is 8. The van der Waals surface area contributed by atoms with Crippen molar-refractivity contribution < 1.29 is 14.6 Å². The standard InChI is InChI=1S/C26H34O3Si/c1-30(2,22-24-14-7-4-8-15-24)26(27,19-17-23-12-5-3-6-13-23)18-11-21-29-25-16-9-10-20-28-25/h3-8,12-15,25,27H,9-10,16-17,19-22H2,1-2H3. The maximum Gasteiger partial charge on any atom is 0.158 e. The molecule has 0 aromatic heterocycles. The third-order valence-electron chi connectivity index (χ3n) is 6.00. The van der Waals surface area contributed by atoms with Crippen molar-refractivity contribution in [1.82, 2.24) is 0 Å². The summed E-state index contributed by atoms with van der Waals surface area (Å²) in [6.07, 6.45) is 4.45. The summed E-state index contributed by atoms with van der Waals surface area (Å²) in [4.78, 5) is 0. The molecule has 0 saturated carbocycles. The molecule has 0 aliphatic carbocycles. The van der Waals surface area contributed by atoms with E-state index in [-0.39, 0.29) is 6.29 Å². The summed E-state index contributed by atoms with van der Waals surface area (Å²) < 4.78 is 11.4. The van der Waals surface area contributed by atoms with E-state index >= 15 is 0 Å². The minimum Gasteiger partial charge on any atom is -0.381 e. The molecule has 2 atom stereocenters. The molecule has 1 N–H and O–H groups in total. The van der Waals surface area contributed by atoms with Gasteiger partial charge in [0, 0.05) is 6.61 Å². The first-order chi connectivity index (χ1) is 14.5. The van der Waals surface area contributed by atoms with Gasteiger partial charge in [-0.25, -0.2) is 0 Å². The summed E-state index contributed by atoms with van der Waals surface area (Å²) in [6.45, 7) is 5.54. The molecule has 0 amide bonds. The minimum atomic E-state index is -2.15. The molecule has 1 aliphatic heterocycles. The first-order valence-corrected chi connectivity index (χ1v) is 14.2. The van der Waals surface area contributed by atoms with Gasteiger partial charge in [0.05, 0.1) is 0 Å². The number of hydrogen-bond acceptors (Lipinski definition) is 3. The van der Waals surface area contributed by atoms with Gasteiger partial charge in [-0.3, -0.25) is 0 Å². The molecule has 0 spiro atoms. The molecular formula is C26H34O3Si. The molecule has 3 rings (SSSR count). The SMILES string of the molecule is C[Si](C)(Cc1ccccc1)C(O)(C#CCOC1CCCCO1)CCc1ccccc1. The molecule has 1 aliphatic rings. The Bertz CT molecular complexity index is 820. The van der Waals surface area contributed by atoms with Crippen molar-refractivity contribution in [3.8, 4) is 11.8 Å². The predicted molar refractivity (Wildman–Crippen MR) is 125 cm³/mol. The maximum absolute atomic E-state index is 11.8. The van der Waals surface area contributed by atoms with E-state index in [1.54, 1.807) is 0 Å². The van der Waals surface area contributed by atoms with Gasteiger partial charge in [-0.1, -0.05) is 91.2 Å². The lowest BCUT2D eigenvalue weighted by Crippen LogP contribution is -2.55. The van der Waals surface area contributed by atoms with Crippen molar-refractivity contribution in [2.45, 2.75) is 62.8 Å². The van der Waals surface area contributed by atoms with E-state index < -0.39 is 13.3 Å². The summed E-state index contributed by atoms with van der Waals surface area (Å²) in [5.74, 6) is 6.39. The second-order valence-electron chi connectivity index (χ2n) is 8.80. The highest BCUT2D eigenvalue weighted by Crippen LogP contribution is 2.29. The Kier molecular flexibility index (Phi) is 8.29. The van der Waals surface area contributed by atoms with Crippen molar-refractivity contribution in [3.63, 3.8) is 0 Å². The third kappa shape index (κ3) is 6.55. The van der Waals surface area contributed by atoms with Crippen molar-refractivity contribution in [2.75, 3.05) is 13.2 Å². The van der Waals surface area contributed by atoms with Gasteiger partial charge in [0.15, 0.2) is 6.29 Å². The van der Waals surface area contributed by atoms with Gasteiger partial charge in [-0.2, -0.15) is 0 Å². The Balaban J connectivity index is 1.72. The summed E-state index contributed by atoms with van der Waals surface area (Å²) in [6, 6.07) is 21.7. The van der Waals surface area contributed by atoms with E-state index in [4.69, 9.17) is 9.47 Å². The fraction of sp³-hybridized carbons (Fsp3) is 0.462. The van der Waals surface area contributed by atoms with E-state index in [0.717, 1.165) is 38.3 Å². The first kappa shape index (κ1) is 22.8. The lowest BCUT2D eigenvalue weighted by Gasteiger charge is -2.38. The number of benzene rings is 2. The Morgan fingerprint density at radius 1 is 1.03 bits per heavy atom. The molecule has 160 valence electrons. The van der Waals surface area contributed by atoms with Crippen molar-refractivity contribution >= 4 is 8.07 Å². The highest BCUT2D eigenvalue weighted by molar-refractivity contribution is 6.80. The zero-order valence-corrected chi connectivity index (χ0v) is 19.3. The smallest absolute Gasteiger partial charge is 0.158 e. The minimum absolute atomic E-state index is 0.153. The van der Waals surface area contributed by atoms with E-state index in [0.29, 0.717) is 13.0 Å². The van der Waals surface area contributed by atoms with Crippen LogP contribution in [-0.2, 0) is 21.9 Å². The largest absolute Gasteiger partial charge is 0.381 e. The summed E-state index contributed by atoms with van der Waals surface area (Å²) in [5.41, 5.74) is 2.50. The van der Waals surface area contributed by atoms with Gasteiger partial charge >= 0.3 is 0 Å². The molecule has 1 heterocycles. The summed E-state index contributed by atoms with van der Waals surface area (Å²) in [7, 11) is -2.15. The average molecular weight is 423 g/mol. The van der Waals surface area contributed by atoms with Crippen molar-refractivity contribution in [2.24, 2.45) is 0 Å². The van der Waals surface area contributed by atoms with Crippen LogP contribution in [0.3, 0.4) is 0 Å². The molecule has 2 aromatic rings. The first-order valence-electron chi connectivity index (χ1n) is 11.0. The van der Waals surface area contributed by atoms with E-state index in [2.05, 4.69) is 61.3 Å². The van der Waals surface area contributed by atoms with Gasteiger partial charge in [0.1, 0.15) is 19.9 Å². The van der Waals surface area contributed by atoms with Crippen LogP contribution in [0.1, 0.15) is 36.8 Å². The molecule has 1 fully saturated rings. The highest BCUT2D eigenvalue weighted by atomic mass is 28.3. The molecule has 3 nitrogen and oxygen atoms in total. The molecular weight excluding hydrogens is 388 g/mol. The molecule has 2 unspecified atom stereocenters. The van der Waals surface area contributed by atoms with Crippen LogP contribution in [0.15, 0.2) is 60.7 Å². The zero-order chi connectivity index (χ0) is 21.3. The Morgan fingerprint density at radius 2 is 1.70 bits per heavy atom. The quantitative estimate of drug-likeness (QED) is 0.484. The predicted octanol–water partition coefficient (Wildman–Crippen LogP) is 4.93. The monoisotopic (exact) mass is 422 g/mol. The number of aliphatic hydroxyl groups is 1. The molecule has 4 heteroatoms. The average Bonchev–Trinajstić information content (AvgIpc) is 2.77. The molecule has 30 heavy (non-hydrogen) atoms. The van der Waals surface area contributed by atoms with Crippen molar-refractivity contribution in [3.05, 3.63) is 71.8 Å². The van der Waals surface area contributed by atoms with E-state index in [1.807, 2.05) is 24.3 Å². The number of ether oxygens (including phenoxy) is 2. The van der Waals surface area contributed by atoms with Crippen LogP contribution >= 0.6 is 0 Å². The van der Waals surface area contributed by atoms with Crippen LogP contribution in [0.4, 0.5) is 0 Å². The van der Waals surface area contributed by atoms with Gasteiger partial charge in [0.2, 0.25) is 0 Å². The lowest BCUT2D eigenvalue weighted by molar-refractivity contribution is -0.154. The van der Waals surface area contributed by atoms with Crippen LogP contribution in [0.5, 0.6) is 0 Å². The van der Waals surface area contributed by atoms with Crippen LogP contribution in [0.25, 0.3) is 0 Å². The van der Waals surface area contributed by atoms with E-state index in [9.17, 15) is 5.11 Å². The maximum atomic E-state index is 11.8. The summed E-state index contributed by atoms with van der Waals surface area (Å²) in [5, 5.41) is 10.8. The molecule has 1 saturated heterocycles. The normalized spacial score (nSPS) is 18.8. The summed E-state index contributed by atoms with van der Waals surface area (Å²) >= 11 is 0. The second kappa shape index (κ2) is 10.9. The Morgan fingerprint density at radius 3 is 2.33 bits per heavy atom. The fourth-order valence-electron chi connectivity index (χ4n) is 3.95. The molecule has 0 bridgehead atoms. The van der Waals surface area contributed by atoms with Gasteiger partial charge in [0.25, 0.3) is 0 Å². The van der Waals surface area contributed by atoms with E-state index in [1.165, 1.54) is 11.1 Å². The van der Waals surface area contributed by atoms with Gasteiger partial charge < -0.3 is 14.6 Å². The zero-order valence-electron chi connectivity index (χ0n) is 18.3. The van der Waals surface area contributed by atoms with Crippen LogP contribution < -0.4 is 0 Å². The Labute approximate surface area is 182 Å². The van der Waals surface area contributed by atoms with Gasteiger partial charge in [-0.15, -0.1) is 0 Å². The highest BCUT2D eigenvalue weighted by Gasteiger charge is 2.43. The van der Waals surface area contributed by atoms with Crippen LogP contribution in [-0.4, -0.2) is 37.9 Å². The second-order valence-corrected chi connectivity index (χ2v) is 13.7. The topological polar surface area (TPSA) is 38.7 Å². The fourth-order valence-corrected chi connectivity index (χ4v) is 6.73. The number of aryl methyl sites for hydroxylation is 1. The third-order valence-corrected chi connectivity index (χ3v) is 9.91. The molecule has 2 aromatic carbocycles. The van der Waals surface area contributed by atoms with Crippen LogP contribution in [0, 0.1) is 11.8 Å². The Hall–Kier alpha value is -1.90. The molecule has 0 radical (unpaired) electrons. The lowest BCUT2D eigenvalue weighted by atomic mass is 10.1. The van der Waals surface area contributed by atoms with Crippen LogP contribution in [0.2, 0.25) is 13.1 Å². The van der Waals surface area contributed by atoms with Gasteiger partial charge in [-0.05, 0) is 43.7 Å². The number of hydrogen-bond donors (Lipinski definition) is 1.